The number of H-pyrrole nitrogens is 2. The molecule has 5 nitrogen and oxygen atoms in total. The second kappa shape index (κ2) is 8.80. The lowest BCUT2D eigenvalue weighted by Gasteiger charge is -1.99. The van der Waals surface area contributed by atoms with Gasteiger partial charge in [0.1, 0.15) is 0 Å². The molecule has 0 spiro atoms. The van der Waals surface area contributed by atoms with Crippen LogP contribution in [0.2, 0.25) is 0 Å². The van der Waals surface area contributed by atoms with Crippen molar-refractivity contribution in [3.8, 4) is 0 Å². The summed E-state index contributed by atoms with van der Waals surface area (Å²) in [7, 11) is 0. The Morgan fingerprint density at radius 2 is 1.36 bits per heavy atom. The summed E-state index contributed by atoms with van der Waals surface area (Å²) in [4.78, 5) is 0. The number of benzene rings is 2. The Morgan fingerprint density at radius 3 is 1.84 bits per heavy atom. The zero-order chi connectivity index (χ0) is 17.1. The van der Waals surface area contributed by atoms with Crippen molar-refractivity contribution in [1.82, 2.24) is 20.4 Å². The number of hydrogen-bond acceptors (Lipinski definition) is 3. The normalized spacial score (nSPS) is 10.4. The van der Waals surface area contributed by atoms with Gasteiger partial charge in [0.15, 0.2) is 0 Å². The second-order valence-electron chi connectivity index (χ2n) is 5.36. The van der Waals surface area contributed by atoms with Crippen LogP contribution in [0, 0.1) is 0 Å². The molecule has 4 aromatic rings. The summed E-state index contributed by atoms with van der Waals surface area (Å²) in [6, 6.07) is 8.21. The van der Waals surface area contributed by atoms with Gasteiger partial charge in [-0.3, -0.25) is 10.2 Å². The fourth-order valence-corrected chi connectivity index (χ4v) is 3.67. The number of nitrogens with one attached hydrogen (secondary N) is 2. The van der Waals surface area contributed by atoms with Crippen LogP contribution in [0.3, 0.4) is 0 Å². The molecule has 2 aromatic carbocycles. The highest BCUT2D eigenvalue weighted by Gasteiger charge is 2.03. The Labute approximate surface area is 168 Å². The maximum absolute atomic E-state index is 5.58. The van der Waals surface area contributed by atoms with Crippen molar-refractivity contribution >= 4 is 66.1 Å². The minimum atomic E-state index is 0. The zero-order valence-electron chi connectivity index (χ0n) is 13.5. The molecule has 0 saturated heterocycles. The molecule has 0 radical (unpaired) electrons. The van der Waals surface area contributed by atoms with E-state index in [4.69, 9.17) is 5.73 Å². The van der Waals surface area contributed by atoms with Crippen LogP contribution in [0.5, 0.6) is 0 Å². The minimum absolute atomic E-state index is 0. The predicted octanol–water partition coefficient (Wildman–Crippen LogP) is 5.09. The quantitative estimate of drug-likeness (QED) is 0.368. The standard InChI is InChI=1S/C9H9BrN2.C8H8BrN3.ClH/c1-2-6-3-8(10)4-7-5-11-12-9(6)7;9-7-1-5(3-10)8-6(2-7)4-11-12-8;/h3-5H,2H2,1H3,(H,11,12);1-2,4H,3,10H2,(H,11,12);1H. The van der Waals surface area contributed by atoms with E-state index < -0.39 is 0 Å². The summed E-state index contributed by atoms with van der Waals surface area (Å²) in [5.41, 5.74) is 10.1. The van der Waals surface area contributed by atoms with Gasteiger partial charge in [-0.2, -0.15) is 10.2 Å². The number of nitrogens with two attached hydrogens (primary N) is 1. The van der Waals surface area contributed by atoms with Crippen LogP contribution in [0.4, 0.5) is 0 Å². The molecule has 0 aliphatic carbocycles. The zero-order valence-corrected chi connectivity index (χ0v) is 17.5. The van der Waals surface area contributed by atoms with E-state index in [-0.39, 0.29) is 12.4 Å². The van der Waals surface area contributed by atoms with Crippen LogP contribution >= 0.6 is 44.3 Å². The number of aromatic amines is 2. The molecule has 0 amide bonds. The maximum Gasteiger partial charge on any atom is 0.0695 e. The van der Waals surface area contributed by atoms with Gasteiger partial charge in [-0.1, -0.05) is 38.8 Å². The fourth-order valence-electron chi connectivity index (χ4n) is 2.62. The molecule has 0 unspecified atom stereocenters. The van der Waals surface area contributed by atoms with Gasteiger partial charge in [0.25, 0.3) is 0 Å². The van der Waals surface area contributed by atoms with Crippen LogP contribution in [0.1, 0.15) is 18.1 Å². The summed E-state index contributed by atoms with van der Waals surface area (Å²) >= 11 is 6.88. The average molecular weight is 488 g/mol. The number of aromatic nitrogens is 4. The summed E-state index contributed by atoms with van der Waals surface area (Å²) in [5, 5.41) is 16.1. The highest BCUT2D eigenvalue weighted by Crippen LogP contribution is 2.23. The van der Waals surface area contributed by atoms with Crippen LogP contribution in [-0.4, -0.2) is 20.4 Å². The SMILES string of the molecule is CCc1cc(Br)cc2cn[nH]c12.Cl.NCc1cc(Br)cc2cn[nH]c12. The van der Waals surface area contributed by atoms with Gasteiger partial charge in [-0.05, 0) is 41.8 Å². The lowest BCUT2D eigenvalue weighted by atomic mass is 10.1. The van der Waals surface area contributed by atoms with Crippen molar-refractivity contribution < 1.29 is 0 Å². The largest absolute Gasteiger partial charge is 0.326 e. The Kier molecular flexibility index (Phi) is 7.01. The van der Waals surface area contributed by atoms with E-state index >= 15 is 0 Å². The highest BCUT2D eigenvalue weighted by atomic mass is 79.9. The van der Waals surface area contributed by atoms with Crippen LogP contribution in [0.25, 0.3) is 21.8 Å². The van der Waals surface area contributed by atoms with Crippen molar-refractivity contribution in [2.45, 2.75) is 19.9 Å². The Bertz CT molecular complexity index is 900. The number of halogens is 3. The van der Waals surface area contributed by atoms with E-state index in [1.807, 2.05) is 18.3 Å². The van der Waals surface area contributed by atoms with Gasteiger partial charge < -0.3 is 5.73 Å². The summed E-state index contributed by atoms with van der Waals surface area (Å²) in [6.07, 6.45) is 4.66. The third kappa shape index (κ3) is 4.41. The Morgan fingerprint density at radius 1 is 0.880 bits per heavy atom. The average Bonchev–Trinajstić information content (AvgIpc) is 3.22. The first-order chi connectivity index (χ1) is 11.6. The molecule has 4 N–H and O–H groups in total. The lowest BCUT2D eigenvalue weighted by molar-refractivity contribution is 1.05. The third-order valence-corrected chi connectivity index (χ3v) is 4.71. The molecule has 0 aliphatic heterocycles. The highest BCUT2D eigenvalue weighted by molar-refractivity contribution is 9.10. The first kappa shape index (κ1) is 19.9. The molecule has 0 fully saturated rings. The first-order valence-electron chi connectivity index (χ1n) is 7.55. The molecule has 0 aliphatic rings. The number of fused-ring (bicyclic) bond motifs is 2. The second-order valence-corrected chi connectivity index (χ2v) is 7.19. The number of rotatable bonds is 2. The molecular formula is C17H18Br2ClN5. The molecule has 2 aromatic heterocycles. The molecule has 132 valence electrons. The number of nitrogens with zero attached hydrogens (tertiary/aromatic N) is 2. The van der Waals surface area contributed by atoms with Gasteiger partial charge in [0, 0.05) is 26.3 Å². The summed E-state index contributed by atoms with van der Waals surface area (Å²) < 4.78 is 2.16. The number of aryl methyl sites for hydroxylation is 1. The van der Waals surface area contributed by atoms with E-state index in [2.05, 4.69) is 71.3 Å². The Balaban J connectivity index is 0.000000173. The van der Waals surface area contributed by atoms with E-state index in [1.54, 1.807) is 6.20 Å². The monoisotopic (exact) mass is 485 g/mol. The van der Waals surface area contributed by atoms with Crippen molar-refractivity contribution in [1.29, 1.82) is 0 Å². The van der Waals surface area contributed by atoms with Crippen LogP contribution < -0.4 is 5.73 Å². The maximum atomic E-state index is 5.58. The summed E-state index contributed by atoms with van der Waals surface area (Å²) in [5.74, 6) is 0. The topological polar surface area (TPSA) is 83.4 Å². The van der Waals surface area contributed by atoms with Gasteiger partial charge in [-0.25, -0.2) is 0 Å². The van der Waals surface area contributed by atoms with Crippen LogP contribution in [0.15, 0.2) is 45.6 Å². The first-order valence-corrected chi connectivity index (χ1v) is 9.14. The molecule has 0 saturated carbocycles. The molecule has 8 heteroatoms. The van der Waals surface area contributed by atoms with E-state index in [1.165, 1.54) is 10.9 Å². The molecule has 0 bridgehead atoms. The molecular weight excluding hydrogens is 469 g/mol. The predicted molar refractivity (Wildman–Crippen MR) is 112 cm³/mol. The summed E-state index contributed by atoms with van der Waals surface area (Å²) in [6.45, 7) is 2.67. The van der Waals surface area contributed by atoms with Gasteiger partial charge in [-0.15, -0.1) is 12.4 Å². The molecule has 4 rings (SSSR count). The smallest absolute Gasteiger partial charge is 0.0695 e. The minimum Gasteiger partial charge on any atom is -0.326 e. The van der Waals surface area contributed by atoms with Crippen LogP contribution in [-0.2, 0) is 13.0 Å². The lowest BCUT2D eigenvalue weighted by Crippen LogP contribution is -1.97. The third-order valence-electron chi connectivity index (χ3n) is 3.79. The Hall–Kier alpha value is -1.41. The molecule has 0 atom stereocenters. The molecule has 25 heavy (non-hydrogen) atoms. The molecule has 2 heterocycles. The van der Waals surface area contributed by atoms with Crippen molar-refractivity contribution in [2.75, 3.05) is 0 Å². The van der Waals surface area contributed by atoms with Crippen molar-refractivity contribution in [2.24, 2.45) is 5.73 Å². The van der Waals surface area contributed by atoms with Crippen molar-refractivity contribution in [3.63, 3.8) is 0 Å². The van der Waals surface area contributed by atoms with E-state index in [0.29, 0.717) is 6.54 Å². The van der Waals surface area contributed by atoms with Gasteiger partial charge >= 0.3 is 0 Å². The van der Waals surface area contributed by atoms with E-state index in [9.17, 15) is 0 Å². The van der Waals surface area contributed by atoms with Gasteiger partial charge in [0.2, 0.25) is 0 Å². The van der Waals surface area contributed by atoms with E-state index in [0.717, 1.165) is 37.3 Å². The van der Waals surface area contributed by atoms with Crippen molar-refractivity contribution in [3.05, 3.63) is 56.7 Å². The number of hydrogen-bond donors (Lipinski definition) is 3. The fraction of sp³-hybridized carbons (Fsp3) is 0.176. The van der Waals surface area contributed by atoms with Gasteiger partial charge in [0.05, 0.1) is 23.4 Å².